The summed E-state index contributed by atoms with van der Waals surface area (Å²) in [6.07, 6.45) is 2.41. The topological polar surface area (TPSA) is 60.1 Å². The molecule has 6 heteroatoms. The summed E-state index contributed by atoms with van der Waals surface area (Å²) in [7, 11) is 5.26. The highest BCUT2D eigenvalue weighted by atomic mass is 127. The maximum atomic E-state index is 5.96. The summed E-state index contributed by atoms with van der Waals surface area (Å²) >= 11 is 0. The second-order valence-corrected chi connectivity index (χ2v) is 4.69. The maximum absolute atomic E-state index is 5.96. The molecular formula is C14H22IN3O2. The number of aliphatic imine (C=N–C) groups is 1. The van der Waals surface area contributed by atoms with Crippen LogP contribution in [0.2, 0.25) is 0 Å². The Morgan fingerprint density at radius 3 is 2.60 bits per heavy atom. The Kier molecular flexibility index (Phi) is 6.38. The summed E-state index contributed by atoms with van der Waals surface area (Å²) in [4.78, 5) is 6.46. The van der Waals surface area contributed by atoms with E-state index in [0.717, 1.165) is 17.1 Å². The molecule has 1 aromatic rings. The van der Waals surface area contributed by atoms with Crippen LogP contribution in [0.3, 0.4) is 0 Å². The predicted octanol–water partition coefficient (Wildman–Crippen LogP) is 2.23. The van der Waals surface area contributed by atoms with E-state index < -0.39 is 0 Å². The van der Waals surface area contributed by atoms with E-state index in [1.165, 1.54) is 12.8 Å². The van der Waals surface area contributed by atoms with Gasteiger partial charge in [0.15, 0.2) is 5.96 Å². The van der Waals surface area contributed by atoms with Crippen molar-refractivity contribution in [2.24, 2.45) is 10.7 Å². The summed E-state index contributed by atoms with van der Waals surface area (Å²) in [5.41, 5.74) is 6.96. The quantitative estimate of drug-likeness (QED) is 0.475. The fraction of sp³-hybridized carbons (Fsp3) is 0.500. The maximum Gasteiger partial charge on any atom is 0.191 e. The third-order valence-electron chi connectivity index (χ3n) is 3.36. The lowest BCUT2D eigenvalue weighted by molar-refractivity contribution is 0.391. The minimum absolute atomic E-state index is 0. The van der Waals surface area contributed by atoms with Gasteiger partial charge in [-0.05, 0) is 25.0 Å². The first kappa shape index (κ1) is 16.9. The molecule has 1 saturated carbocycles. The molecule has 112 valence electrons. The molecule has 20 heavy (non-hydrogen) atoms. The Bertz CT molecular complexity index is 475. The normalized spacial score (nSPS) is 14.4. The van der Waals surface area contributed by atoms with E-state index in [1.54, 1.807) is 14.2 Å². The van der Waals surface area contributed by atoms with E-state index in [9.17, 15) is 0 Å². The minimum Gasteiger partial charge on any atom is -0.497 e. The van der Waals surface area contributed by atoms with E-state index in [-0.39, 0.29) is 24.0 Å². The first-order valence-electron chi connectivity index (χ1n) is 6.39. The van der Waals surface area contributed by atoms with Crippen LogP contribution < -0.4 is 15.2 Å². The van der Waals surface area contributed by atoms with Crippen LogP contribution in [0.4, 0.5) is 0 Å². The molecule has 1 aliphatic rings. The van der Waals surface area contributed by atoms with Crippen molar-refractivity contribution in [2.75, 3.05) is 21.3 Å². The van der Waals surface area contributed by atoms with Gasteiger partial charge in [0.25, 0.3) is 0 Å². The van der Waals surface area contributed by atoms with E-state index in [1.807, 2.05) is 30.1 Å². The smallest absolute Gasteiger partial charge is 0.191 e. The van der Waals surface area contributed by atoms with Gasteiger partial charge in [-0.3, -0.25) is 0 Å². The van der Waals surface area contributed by atoms with Crippen molar-refractivity contribution < 1.29 is 9.47 Å². The monoisotopic (exact) mass is 391 g/mol. The van der Waals surface area contributed by atoms with Gasteiger partial charge in [0.05, 0.1) is 20.8 Å². The molecule has 0 amide bonds. The Hall–Kier alpha value is -1.18. The van der Waals surface area contributed by atoms with Gasteiger partial charge in [0.1, 0.15) is 11.5 Å². The van der Waals surface area contributed by atoms with Crippen LogP contribution in [0.15, 0.2) is 23.2 Å². The number of rotatable bonds is 5. The summed E-state index contributed by atoms with van der Waals surface area (Å²) in [6.45, 7) is 0.510. The second-order valence-electron chi connectivity index (χ2n) is 4.69. The number of ether oxygens (including phenoxy) is 2. The molecule has 0 unspecified atom stereocenters. The van der Waals surface area contributed by atoms with Gasteiger partial charge in [-0.25, -0.2) is 4.99 Å². The Morgan fingerprint density at radius 1 is 1.35 bits per heavy atom. The molecule has 0 saturated heterocycles. The van der Waals surface area contributed by atoms with Gasteiger partial charge in [0, 0.05) is 24.7 Å². The Labute approximate surface area is 137 Å². The summed E-state index contributed by atoms with van der Waals surface area (Å²) in [5, 5.41) is 0. The molecule has 2 N–H and O–H groups in total. The van der Waals surface area contributed by atoms with Gasteiger partial charge in [-0.1, -0.05) is 0 Å². The number of hydrogen-bond acceptors (Lipinski definition) is 3. The first-order valence-corrected chi connectivity index (χ1v) is 6.39. The number of benzene rings is 1. The molecule has 0 spiro atoms. The molecule has 1 aliphatic carbocycles. The van der Waals surface area contributed by atoms with Gasteiger partial charge in [-0.15, -0.1) is 24.0 Å². The molecule has 0 atom stereocenters. The third kappa shape index (κ3) is 4.16. The van der Waals surface area contributed by atoms with Gasteiger partial charge >= 0.3 is 0 Å². The van der Waals surface area contributed by atoms with Crippen molar-refractivity contribution in [3.63, 3.8) is 0 Å². The van der Waals surface area contributed by atoms with Crippen LogP contribution in [0.1, 0.15) is 18.4 Å². The molecule has 0 aliphatic heterocycles. The molecule has 0 aromatic heterocycles. The van der Waals surface area contributed by atoms with Gasteiger partial charge in [0.2, 0.25) is 0 Å². The van der Waals surface area contributed by atoms with Gasteiger partial charge < -0.3 is 20.1 Å². The highest BCUT2D eigenvalue weighted by Gasteiger charge is 2.27. The molecule has 0 bridgehead atoms. The summed E-state index contributed by atoms with van der Waals surface area (Å²) in [6, 6.07) is 6.27. The van der Waals surface area contributed by atoms with E-state index in [2.05, 4.69) is 4.99 Å². The summed E-state index contributed by atoms with van der Waals surface area (Å²) in [5.74, 6) is 2.12. The molecule has 0 heterocycles. The lowest BCUT2D eigenvalue weighted by atomic mass is 10.2. The Balaban J connectivity index is 0.00000200. The van der Waals surface area contributed by atoms with Crippen molar-refractivity contribution in [3.05, 3.63) is 23.8 Å². The van der Waals surface area contributed by atoms with Crippen LogP contribution >= 0.6 is 24.0 Å². The number of methoxy groups -OCH3 is 2. The Morgan fingerprint density at radius 2 is 2.05 bits per heavy atom. The highest BCUT2D eigenvalue weighted by molar-refractivity contribution is 14.0. The fourth-order valence-corrected chi connectivity index (χ4v) is 1.91. The number of guanidine groups is 1. The highest BCUT2D eigenvalue weighted by Crippen LogP contribution is 2.26. The van der Waals surface area contributed by atoms with Crippen molar-refractivity contribution >= 4 is 29.9 Å². The largest absolute Gasteiger partial charge is 0.497 e. The summed E-state index contributed by atoms with van der Waals surface area (Å²) < 4.78 is 10.5. The van der Waals surface area contributed by atoms with E-state index >= 15 is 0 Å². The van der Waals surface area contributed by atoms with Crippen LogP contribution in [0.25, 0.3) is 0 Å². The molecule has 1 aromatic carbocycles. The number of halogens is 1. The lowest BCUT2D eigenvalue weighted by Gasteiger charge is -2.17. The van der Waals surface area contributed by atoms with Crippen molar-refractivity contribution in [1.82, 2.24) is 4.90 Å². The number of nitrogens with zero attached hydrogens (tertiary/aromatic N) is 2. The predicted molar refractivity (Wildman–Crippen MR) is 91.1 cm³/mol. The number of nitrogens with two attached hydrogens (primary N) is 1. The lowest BCUT2D eigenvalue weighted by Crippen LogP contribution is -2.35. The minimum atomic E-state index is 0. The molecule has 1 fully saturated rings. The second kappa shape index (κ2) is 7.56. The standard InChI is InChI=1S/C14H21N3O2.HI/c1-17(11-5-6-11)14(15)16-9-10-4-7-12(18-2)8-13(10)19-3;/h4,7-8,11H,5-6,9H2,1-3H3,(H2,15,16);1H. The van der Waals surface area contributed by atoms with E-state index in [0.29, 0.717) is 18.5 Å². The van der Waals surface area contributed by atoms with Crippen LogP contribution in [-0.4, -0.2) is 38.2 Å². The molecule has 0 radical (unpaired) electrons. The van der Waals surface area contributed by atoms with Crippen LogP contribution in [0, 0.1) is 0 Å². The first-order chi connectivity index (χ1) is 9.15. The molecular weight excluding hydrogens is 369 g/mol. The molecule has 2 rings (SSSR count). The van der Waals surface area contributed by atoms with Crippen molar-refractivity contribution in [2.45, 2.75) is 25.4 Å². The third-order valence-corrected chi connectivity index (χ3v) is 3.36. The zero-order valence-electron chi connectivity index (χ0n) is 12.1. The van der Waals surface area contributed by atoms with Crippen molar-refractivity contribution in [1.29, 1.82) is 0 Å². The molecule has 5 nitrogen and oxygen atoms in total. The zero-order valence-corrected chi connectivity index (χ0v) is 14.5. The van der Waals surface area contributed by atoms with Crippen molar-refractivity contribution in [3.8, 4) is 11.5 Å². The van der Waals surface area contributed by atoms with Crippen LogP contribution in [-0.2, 0) is 6.54 Å². The average Bonchev–Trinajstić information content (AvgIpc) is 3.28. The van der Waals surface area contributed by atoms with Crippen LogP contribution in [0.5, 0.6) is 11.5 Å². The van der Waals surface area contributed by atoms with E-state index in [4.69, 9.17) is 15.2 Å². The average molecular weight is 391 g/mol. The van der Waals surface area contributed by atoms with Gasteiger partial charge in [-0.2, -0.15) is 0 Å². The fourth-order valence-electron chi connectivity index (χ4n) is 1.91. The zero-order chi connectivity index (χ0) is 13.8. The SMILES string of the molecule is COc1ccc(CN=C(N)N(C)C2CC2)c(OC)c1.I. The number of hydrogen-bond donors (Lipinski definition) is 1.